The zero-order valence-corrected chi connectivity index (χ0v) is 16.0. The minimum atomic E-state index is -4.70. The van der Waals surface area contributed by atoms with Crippen molar-refractivity contribution in [3.8, 4) is 0 Å². The second kappa shape index (κ2) is 7.16. The summed E-state index contributed by atoms with van der Waals surface area (Å²) < 4.78 is 55.8. The van der Waals surface area contributed by atoms with Crippen LogP contribution in [0.1, 0.15) is 34.0 Å². The van der Waals surface area contributed by atoms with Gasteiger partial charge in [-0.2, -0.15) is 13.2 Å². The summed E-state index contributed by atoms with van der Waals surface area (Å²) in [6.45, 7) is 1.80. The topological polar surface area (TPSA) is 48.0 Å². The van der Waals surface area contributed by atoms with Gasteiger partial charge in [0.2, 0.25) is 5.91 Å². The fourth-order valence-electron chi connectivity index (χ4n) is 3.80. The fraction of sp³-hybridized carbons (Fsp3) is 0.174. The van der Waals surface area contributed by atoms with Gasteiger partial charge in [-0.15, -0.1) is 0 Å². The zero-order chi connectivity index (χ0) is 21.6. The molecule has 0 aliphatic rings. The molecule has 30 heavy (non-hydrogen) atoms. The number of carbonyl (C=O) groups is 1. The molecule has 0 aliphatic carbocycles. The predicted molar refractivity (Wildman–Crippen MR) is 107 cm³/mol. The SMILES string of the molecule is CCc1c[c]c2c3c(C(N)=O)cccc3n(Cc3ccc(F)cc3C(F)(F)F)c2c1. The van der Waals surface area contributed by atoms with E-state index in [1.165, 1.54) is 0 Å². The minimum absolute atomic E-state index is 0.0749. The Morgan fingerprint density at radius 2 is 1.90 bits per heavy atom. The van der Waals surface area contributed by atoms with Crippen LogP contribution in [0.2, 0.25) is 0 Å². The first-order valence-electron chi connectivity index (χ1n) is 9.31. The van der Waals surface area contributed by atoms with Gasteiger partial charge in [0.15, 0.2) is 0 Å². The predicted octanol–water partition coefficient (Wildman–Crippen LogP) is 5.46. The van der Waals surface area contributed by atoms with Crippen LogP contribution in [0.4, 0.5) is 17.6 Å². The van der Waals surface area contributed by atoms with E-state index >= 15 is 0 Å². The van der Waals surface area contributed by atoms with Gasteiger partial charge in [0, 0.05) is 22.9 Å². The second-order valence-corrected chi connectivity index (χ2v) is 7.07. The summed E-state index contributed by atoms with van der Waals surface area (Å²) in [4.78, 5) is 12.0. The molecule has 0 spiro atoms. The molecular formula is C23H17F4N2O. The smallest absolute Gasteiger partial charge is 0.366 e. The Bertz CT molecular complexity index is 1290. The summed E-state index contributed by atoms with van der Waals surface area (Å²) in [5, 5.41) is 1.14. The molecule has 1 radical (unpaired) electrons. The monoisotopic (exact) mass is 413 g/mol. The van der Waals surface area contributed by atoms with Gasteiger partial charge >= 0.3 is 6.18 Å². The summed E-state index contributed by atoms with van der Waals surface area (Å²) in [7, 11) is 0. The van der Waals surface area contributed by atoms with Gasteiger partial charge in [0.1, 0.15) is 5.82 Å². The Morgan fingerprint density at radius 1 is 1.13 bits per heavy atom. The maximum Gasteiger partial charge on any atom is 0.416 e. The van der Waals surface area contributed by atoms with Crippen LogP contribution < -0.4 is 5.73 Å². The molecule has 7 heteroatoms. The third-order valence-corrected chi connectivity index (χ3v) is 5.23. The van der Waals surface area contributed by atoms with Crippen LogP contribution in [0.3, 0.4) is 0 Å². The fourth-order valence-corrected chi connectivity index (χ4v) is 3.80. The zero-order valence-electron chi connectivity index (χ0n) is 16.0. The number of primary amides is 1. The third-order valence-electron chi connectivity index (χ3n) is 5.23. The van der Waals surface area contributed by atoms with E-state index < -0.39 is 23.5 Å². The number of hydrogen-bond acceptors (Lipinski definition) is 1. The van der Waals surface area contributed by atoms with Crippen LogP contribution in [-0.4, -0.2) is 10.5 Å². The lowest BCUT2D eigenvalue weighted by molar-refractivity contribution is -0.138. The average Bonchev–Trinajstić information content (AvgIpc) is 3.01. The van der Waals surface area contributed by atoms with E-state index in [0.29, 0.717) is 34.3 Å². The van der Waals surface area contributed by atoms with Crippen molar-refractivity contribution in [2.24, 2.45) is 5.73 Å². The van der Waals surface area contributed by atoms with Gasteiger partial charge < -0.3 is 10.3 Å². The minimum Gasteiger partial charge on any atom is -0.366 e. The van der Waals surface area contributed by atoms with E-state index in [-0.39, 0.29) is 17.7 Å². The number of benzene rings is 3. The Balaban J connectivity index is 2.04. The molecule has 4 rings (SSSR count). The largest absolute Gasteiger partial charge is 0.416 e. The number of carbonyl (C=O) groups excluding carboxylic acids is 1. The molecule has 3 aromatic carbocycles. The first-order valence-corrected chi connectivity index (χ1v) is 9.31. The Morgan fingerprint density at radius 3 is 2.57 bits per heavy atom. The van der Waals surface area contributed by atoms with E-state index in [1.807, 2.05) is 13.0 Å². The summed E-state index contributed by atoms with van der Waals surface area (Å²) in [6, 6.07) is 14.4. The normalized spacial score (nSPS) is 12.0. The van der Waals surface area contributed by atoms with Crippen molar-refractivity contribution >= 4 is 27.7 Å². The molecule has 0 bridgehead atoms. The van der Waals surface area contributed by atoms with Crippen LogP contribution in [-0.2, 0) is 19.1 Å². The van der Waals surface area contributed by atoms with Gasteiger partial charge in [-0.3, -0.25) is 4.79 Å². The standard InChI is InChI=1S/C23H17F4N2O/c1-2-13-6-9-16-20(10-13)29(19-5-3-4-17(21(16)19)22(28)30)12-14-7-8-15(24)11-18(14)23(25,26)27/h3-8,10-11H,2,12H2,1H3,(H2,28,30). The van der Waals surface area contributed by atoms with Crippen LogP contribution >= 0.6 is 0 Å². The molecule has 4 aromatic rings. The molecule has 0 atom stereocenters. The summed E-state index contributed by atoms with van der Waals surface area (Å²) in [6.07, 6.45) is -3.99. The number of nitrogens with two attached hydrogens (primary N) is 1. The van der Waals surface area contributed by atoms with Crippen molar-refractivity contribution in [1.82, 2.24) is 4.57 Å². The molecule has 2 N–H and O–H groups in total. The van der Waals surface area contributed by atoms with Gasteiger partial charge in [-0.25, -0.2) is 4.39 Å². The summed E-state index contributed by atoms with van der Waals surface area (Å²) in [5.41, 5.74) is 6.84. The van der Waals surface area contributed by atoms with Crippen LogP contribution in [0.5, 0.6) is 0 Å². The van der Waals surface area contributed by atoms with Gasteiger partial charge in [-0.1, -0.05) is 25.1 Å². The third kappa shape index (κ3) is 3.30. The summed E-state index contributed by atoms with van der Waals surface area (Å²) in [5.74, 6) is -1.59. The molecule has 1 aromatic heterocycles. The second-order valence-electron chi connectivity index (χ2n) is 7.07. The van der Waals surface area contributed by atoms with Crippen molar-refractivity contribution in [1.29, 1.82) is 0 Å². The number of aryl methyl sites for hydroxylation is 1. The van der Waals surface area contributed by atoms with Crippen molar-refractivity contribution in [3.63, 3.8) is 0 Å². The lowest BCUT2D eigenvalue weighted by Gasteiger charge is -2.15. The number of halogens is 4. The highest BCUT2D eigenvalue weighted by Crippen LogP contribution is 2.36. The van der Waals surface area contributed by atoms with Crippen molar-refractivity contribution < 1.29 is 22.4 Å². The average molecular weight is 413 g/mol. The first kappa shape index (κ1) is 19.9. The highest BCUT2D eigenvalue weighted by molar-refractivity contribution is 6.17. The number of alkyl halides is 3. The maximum atomic E-state index is 13.5. The lowest BCUT2D eigenvalue weighted by atomic mass is 10.0. The molecule has 1 amide bonds. The van der Waals surface area contributed by atoms with E-state index in [9.17, 15) is 22.4 Å². The van der Waals surface area contributed by atoms with Crippen LogP contribution in [0.15, 0.2) is 48.5 Å². The molecule has 0 fully saturated rings. The molecule has 3 nitrogen and oxygen atoms in total. The quantitative estimate of drug-likeness (QED) is 0.444. The number of aromatic nitrogens is 1. The van der Waals surface area contributed by atoms with E-state index in [1.54, 1.807) is 28.8 Å². The van der Waals surface area contributed by atoms with Gasteiger partial charge in [0.25, 0.3) is 0 Å². The molecule has 1 heterocycles. The Hall–Kier alpha value is -3.35. The highest BCUT2D eigenvalue weighted by Gasteiger charge is 2.34. The lowest BCUT2D eigenvalue weighted by Crippen LogP contribution is -2.13. The van der Waals surface area contributed by atoms with Gasteiger partial charge in [0.05, 0.1) is 16.6 Å². The number of fused-ring (bicyclic) bond motifs is 3. The Labute approximate surface area is 169 Å². The van der Waals surface area contributed by atoms with Crippen LogP contribution in [0, 0.1) is 11.9 Å². The van der Waals surface area contributed by atoms with Crippen LogP contribution in [0.25, 0.3) is 21.8 Å². The number of nitrogens with zero attached hydrogens (tertiary/aromatic N) is 1. The molecule has 0 unspecified atom stereocenters. The summed E-state index contributed by atoms with van der Waals surface area (Å²) >= 11 is 0. The number of rotatable bonds is 4. The van der Waals surface area contributed by atoms with E-state index in [4.69, 9.17) is 5.73 Å². The van der Waals surface area contributed by atoms with Crippen molar-refractivity contribution in [2.75, 3.05) is 0 Å². The van der Waals surface area contributed by atoms with Crippen molar-refractivity contribution in [2.45, 2.75) is 26.1 Å². The highest BCUT2D eigenvalue weighted by atomic mass is 19.4. The van der Waals surface area contributed by atoms with E-state index in [0.717, 1.165) is 17.7 Å². The number of hydrogen-bond donors (Lipinski definition) is 1. The molecule has 0 saturated heterocycles. The Kier molecular flexibility index (Phi) is 4.76. The van der Waals surface area contributed by atoms with Gasteiger partial charge in [-0.05, 0) is 53.9 Å². The molecule has 0 aliphatic heterocycles. The first-order chi connectivity index (χ1) is 14.2. The molecular weight excluding hydrogens is 396 g/mol. The number of amides is 1. The molecule has 0 saturated carbocycles. The van der Waals surface area contributed by atoms with E-state index in [2.05, 4.69) is 6.07 Å². The maximum absolute atomic E-state index is 13.5. The van der Waals surface area contributed by atoms with Crippen molar-refractivity contribution in [3.05, 3.63) is 82.7 Å². The molecule has 153 valence electrons.